The van der Waals surface area contributed by atoms with E-state index in [0.717, 1.165) is 62.4 Å². The van der Waals surface area contributed by atoms with Crippen LogP contribution in [0.15, 0.2) is 64.0 Å². The first-order valence-electron chi connectivity index (χ1n) is 14.8. The number of hydrogen-bond acceptors (Lipinski definition) is 8. The molecule has 3 aliphatic heterocycles. The molecule has 2 aromatic carbocycles. The highest BCUT2D eigenvalue weighted by Gasteiger charge is 2.31. The average Bonchev–Trinajstić information content (AvgIpc) is 3.75. The standard InChI is InChI=1S/C33H31FN6O3/c34-26-13-21(18-4-5-18)12-20-8-11-40(32(42)29(20)26)28-3-1-2-23(25(28)15-41)30-24-14-27(36-31(24)38-33(35)37-30)19-6-9-39(10-7-19)22-16-43-17-22/h1-3,6,8,11-13,18,22,41H,4-5,7,9-10,14-17H2,(H2,35,37,38). The van der Waals surface area contributed by atoms with Gasteiger partial charge in [0, 0.05) is 42.4 Å². The largest absolute Gasteiger partial charge is 0.392 e. The van der Waals surface area contributed by atoms with Gasteiger partial charge >= 0.3 is 0 Å². The van der Waals surface area contributed by atoms with Crippen LogP contribution in [0.4, 0.5) is 16.2 Å². The van der Waals surface area contributed by atoms with Gasteiger partial charge in [-0.05, 0) is 59.9 Å². The van der Waals surface area contributed by atoms with E-state index in [-0.39, 0.29) is 17.9 Å². The Kier molecular flexibility index (Phi) is 6.25. The highest BCUT2D eigenvalue weighted by Crippen LogP contribution is 2.42. The molecule has 9 nitrogen and oxygen atoms in total. The van der Waals surface area contributed by atoms with E-state index in [1.165, 1.54) is 16.2 Å². The van der Waals surface area contributed by atoms with Crippen LogP contribution in [0.3, 0.4) is 0 Å². The van der Waals surface area contributed by atoms with Crippen molar-refractivity contribution in [3.63, 3.8) is 0 Å². The van der Waals surface area contributed by atoms with E-state index in [1.807, 2.05) is 12.1 Å². The molecular weight excluding hydrogens is 547 g/mol. The molecule has 5 heterocycles. The number of nitrogen functional groups attached to an aromatic ring is 1. The lowest BCUT2D eigenvalue weighted by molar-refractivity contribution is -0.0618. The second kappa shape index (κ2) is 10.2. The number of aliphatic hydroxyl groups excluding tert-OH is 1. The first kappa shape index (κ1) is 26.4. The van der Waals surface area contributed by atoms with Gasteiger partial charge in [-0.25, -0.2) is 14.4 Å². The number of aliphatic imine (C=N–C) groups is 1. The smallest absolute Gasteiger partial charge is 0.265 e. The molecule has 1 saturated carbocycles. The van der Waals surface area contributed by atoms with Gasteiger partial charge in [-0.15, -0.1) is 0 Å². The Labute approximate surface area is 247 Å². The first-order chi connectivity index (χ1) is 21.0. The Bertz CT molecular complexity index is 1920. The summed E-state index contributed by atoms with van der Waals surface area (Å²) < 4.78 is 22.0. The SMILES string of the molecule is Nc1nc2c(c(-c3cccc(-n4ccc5cc(C6CC6)cc(F)c5c4=O)c3CO)n1)CC(C1=CCN(C3COC3)CC1)=N2. The number of pyridine rings is 1. The molecule has 10 heteroatoms. The van der Waals surface area contributed by atoms with E-state index in [1.54, 1.807) is 24.4 Å². The number of benzene rings is 2. The van der Waals surface area contributed by atoms with Gasteiger partial charge in [0.1, 0.15) is 5.82 Å². The number of aliphatic hydroxyl groups is 1. The lowest BCUT2D eigenvalue weighted by Crippen LogP contribution is -2.50. The predicted octanol–water partition coefficient (Wildman–Crippen LogP) is 4.20. The molecule has 218 valence electrons. The molecule has 0 bridgehead atoms. The Morgan fingerprint density at radius 1 is 1.14 bits per heavy atom. The number of fused-ring (bicyclic) bond motifs is 2. The zero-order valence-electron chi connectivity index (χ0n) is 23.6. The van der Waals surface area contributed by atoms with E-state index in [2.05, 4.69) is 20.9 Å². The molecule has 2 fully saturated rings. The fourth-order valence-corrected chi connectivity index (χ4v) is 6.58. The molecule has 0 atom stereocenters. The third-order valence-corrected chi connectivity index (χ3v) is 9.19. The number of ether oxygens (including phenoxy) is 1. The molecule has 0 amide bonds. The summed E-state index contributed by atoms with van der Waals surface area (Å²) in [6.45, 7) is 3.04. The zero-order valence-corrected chi connectivity index (χ0v) is 23.6. The molecule has 1 aliphatic carbocycles. The minimum Gasteiger partial charge on any atom is -0.392 e. The van der Waals surface area contributed by atoms with Crippen LogP contribution in [0.25, 0.3) is 27.7 Å². The summed E-state index contributed by atoms with van der Waals surface area (Å²) in [6, 6.07) is 11.1. The number of anilines is 1. The monoisotopic (exact) mass is 578 g/mol. The van der Waals surface area contributed by atoms with Gasteiger partial charge in [-0.2, -0.15) is 4.98 Å². The molecule has 43 heavy (non-hydrogen) atoms. The van der Waals surface area contributed by atoms with E-state index in [0.29, 0.717) is 52.1 Å². The van der Waals surface area contributed by atoms with Gasteiger partial charge in [0.05, 0.1) is 48.3 Å². The van der Waals surface area contributed by atoms with Crippen LogP contribution < -0.4 is 11.3 Å². The quantitative estimate of drug-likeness (QED) is 0.352. The zero-order chi connectivity index (χ0) is 29.2. The second-order valence-corrected chi connectivity index (χ2v) is 11.8. The number of rotatable bonds is 6. The minimum absolute atomic E-state index is 0.0376. The van der Waals surface area contributed by atoms with E-state index in [9.17, 15) is 9.90 Å². The van der Waals surface area contributed by atoms with E-state index < -0.39 is 11.4 Å². The van der Waals surface area contributed by atoms with E-state index in [4.69, 9.17) is 15.5 Å². The highest BCUT2D eigenvalue weighted by atomic mass is 19.1. The predicted molar refractivity (Wildman–Crippen MR) is 163 cm³/mol. The molecule has 2 aromatic heterocycles. The van der Waals surface area contributed by atoms with Gasteiger partial charge in [-0.1, -0.05) is 24.3 Å². The number of nitrogens with two attached hydrogens (primary N) is 1. The van der Waals surface area contributed by atoms with Gasteiger partial charge in [0.15, 0.2) is 5.82 Å². The summed E-state index contributed by atoms with van der Waals surface area (Å²) in [5.41, 5.74) is 11.8. The minimum atomic E-state index is -0.521. The lowest BCUT2D eigenvalue weighted by Gasteiger charge is -2.38. The average molecular weight is 579 g/mol. The summed E-state index contributed by atoms with van der Waals surface area (Å²) >= 11 is 0. The van der Waals surface area contributed by atoms with Crippen molar-refractivity contribution >= 4 is 28.3 Å². The Hall–Kier alpha value is -4.25. The molecule has 4 aliphatic rings. The maximum Gasteiger partial charge on any atom is 0.265 e. The van der Waals surface area contributed by atoms with Gasteiger partial charge < -0.3 is 15.6 Å². The van der Waals surface area contributed by atoms with Crippen LogP contribution in [0.1, 0.15) is 41.9 Å². The van der Waals surface area contributed by atoms with Crippen molar-refractivity contribution in [2.75, 3.05) is 32.0 Å². The van der Waals surface area contributed by atoms with Crippen LogP contribution >= 0.6 is 0 Å². The van der Waals surface area contributed by atoms with Gasteiger partial charge in [0.25, 0.3) is 5.56 Å². The number of halogens is 1. The highest BCUT2D eigenvalue weighted by molar-refractivity contribution is 6.07. The molecule has 0 unspecified atom stereocenters. The fraction of sp³-hybridized carbons (Fsp3) is 0.333. The first-order valence-corrected chi connectivity index (χ1v) is 14.8. The molecule has 1 saturated heterocycles. The Morgan fingerprint density at radius 2 is 2.00 bits per heavy atom. The van der Waals surface area contributed by atoms with Crippen LogP contribution in [0, 0.1) is 5.82 Å². The molecule has 0 radical (unpaired) electrons. The van der Waals surface area contributed by atoms with Crippen molar-refractivity contribution in [3.05, 3.63) is 87.1 Å². The molecule has 4 aromatic rings. The third-order valence-electron chi connectivity index (χ3n) is 9.19. The topological polar surface area (TPSA) is 119 Å². The second-order valence-electron chi connectivity index (χ2n) is 11.8. The maximum atomic E-state index is 15.3. The van der Waals surface area contributed by atoms with Crippen molar-refractivity contribution in [2.45, 2.75) is 44.2 Å². The van der Waals surface area contributed by atoms with Crippen molar-refractivity contribution in [1.29, 1.82) is 0 Å². The molecular formula is C33H31FN6O3. The summed E-state index contributed by atoms with van der Waals surface area (Å²) in [4.78, 5) is 30.0. The van der Waals surface area contributed by atoms with Crippen LogP contribution in [-0.4, -0.2) is 62.6 Å². The summed E-state index contributed by atoms with van der Waals surface area (Å²) in [5.74, 6) is 0.460. The van der Waals surface area contributed by atoms with Crippen molar-refractivity contribution in [1.82, 2.24) is 19.4 Å². The summed E-state index contributed by atoms with van der Waals surface area (Å²) in [7, 11) is 0. The van der Waals surface area contributed by atoms with E-state index >= 15 is 4.39 Å². The maximum absolute atomic E-state index is 15.3. The Morgan fingerprint density at radius 3 is 2.72 bits per heavy atom. The summed E-state index contributed by atoms with van der Waals surface area (Å²) in [5, 5.41) is 11.3. The van der Waals surface area contributed by atoms with Crippen molar-refractivity contribution < 1.29 is 14.2 Å². The van der Waals surface area contributed by atoms with Crippen LogP contribution in [0.5, 0.6) is 0 Å². The molecule has 0 spiro atoms. The number of aromatic nitrogens is 3. The van der Waals surface area contributed by atoms with Crippen LogP contribution in [-0.2, 0) is 17.8 Å². The fourth-order valence-electron chi connectivity index (χ4n) is 6.58. The van der Waals surface area contributed by atoms with Gasteiger partial charge in [0.2, 0.25) is 5.95 Å². The van der Waals surface area contributed by atoms with Crippen molar-refractivity contribution in [2.24, 2.45) is 4.99 Å². The number of nitrogens with zero attached hydrogens (tertiary/aromatic N) is 5. The molecule has 8 rings (SSSR count). The van der Waals surface area contributed by atoms with Gasteiger partial charge in [-0.3, -0.25) is 14.3 Å². The third kappa shape index (κ3) is 4.48. The molecule has 3 N–H and O–H groups in total. The Balaban J connectivity index is 1.17. The number of hydrogen-bond donors (Lipinski definition) is 2. The lowest BCUT2D eigenvalue weighted by atomic mass is 9.94. The normalized spacial score (nSPS) is 18.8. The van der Waals surface area contributed by atoms with Crippen molar-refractivity contribution in [3.8, 4) is 16.9 Å². The van der Waals surface area contributed by atoms with Crippen LogP contribution in [0.2, 0.25) is 0 Å². The summed E-state index contributed by atoms with van der Waals surface area (Å²) in [6.07, 6.45) is 7.41.